The van der Waals surface area contributed by atoms with E-state index >= 15 is 0 Å². The molecule has 0 spiro atoms. The molecule has 2 aromatic rings. The van der Waals surface area contributed by atoms with Gasteiger partial charge < -0.3 is 14.6 Å². The van der Waals surface area contributed by atoms with E-state index in [2.05, 4.69) is 10.5 Å². The largest absolute Gasteiger partial charge is 0.488 e. The third-order valence-corrected chi connectivity index (χ3v) is 4.63. The Bertz CT molecular complexity index is 683. The first kappa shape index (κ1) is 16.6. The van der Waals surface area contributed by atoms with Crippen LogP contribution in [0.4, 0.5) is 0 Å². The number of ether oxygens (including phenoxy) is 1. The van der Waals surface area contributed by atoms with E-state index in [-0.39, 0.29) is 11.9 Å². The molecule has 3 rings (SSSR count). The fourth-order valence-corrected chi connectivity index (χ4v) is 3.15. The molecule has 0 radical (unpaired) electrons. The second kappa shape index (κ2) is 7.51. The monoisotopic (exact) mass is 328 g/mol. The molecular weight excluding hydrogens is 304 g/mol. The highest BCUT2D eigenvalue weighted by Crippen LogP contribution is 2.23. The number of para-hydroxylation sites is 1. The van der Waals surface area contributed by atoms with Crippen molar-refractivity contribution in [3.8, 4) is 5.75 Å². The molecule has 1 saturated carbocycles. The highest BCUT2D eigenvalue weighted by Gasteiger charge is 2.19. The maximum atomic E-state index is 12.6. The maximum absolute atomic E-state index is 12.6. The Morgan fingerprint density at radius 3 is 2.71 bits per heavy atom. The number of aromatic nitrogens is 1. The van der Waals surface area contributed by atoms with Gasteiger partial charge >= 0.3 is 0 Å². The first-order valence-corrected chi connectivity index (χ1v) is 8.59. The Morgan fingerprint density at radius 2 is 2.00 bits per heavy atom. The van der Waals surface area contributed by atoms with Gasteiger partial charge in [-0.3, -0.25) is 4.79 Å². The molecule has 1 aromatic carbocycles. The van der Waals surface area contributed by atoms with E-state index in [1.54, 1.807) is 6.07 Å². The number of carbonyl (C=O) groups is 1. The summed E-state index contributed by atoms with van der Waals surface area (Å²) in [6.45, 7) is 4.09. The normalized spacial score (nSPS) is 15.2. The highest BCUT2D eigenvalue weighted by molar-refractivity contribution is 5.97. The van der Waals surface area contributed by atoms with Crippen LogP contribution in [0.15, 0.2) is 28.8 Å². The summed E-state index contributed by atoms with van der Waals surface area (Å²) in [6, 6.07) is 7.65. The lowest BCUT2D eigenvalue weighted by molar-refractivity contribution is 0.0923. The van der Waals surface area contributed by atoms with E-state index in [1.807, 2.05) is 32.0 Å². The predicted molar refractivity (Wildman–Crippen MR) is 91.1 cm³/mol. The predicted octanol–water partition coefficient (Wildman–Crippen LogP) is 3.93. The molecule has 0 atom stereocenters. The standard InChI is InChI=1S/C19H24N2O3/c1-13-17(14(2)24-21-13)12-23-18-11-7-6-10-16(18)19(22)20-15-8-4-3-5-9-15/h6-7,10-11,15H,3-5,8-9,12H2,1-2H3,(H,20,22). The van der Waals surface area contributed by atoms with Crippen molar-refractivity contribution in [2.45, 2.75) is 58.6 Å². The topological polar surface area (TPSA) is 64.4 Å². The number of hydrogen-bond donors (Lipinski definition) is 1. The molecule has 0 bridgehead atoms. The molecule has 0 aliphatic heterocycles. The molecule has 1 N–H and O–H groups in total. The van der Waals surface area contributed by atoms with Gasteiger partial charge in [0.1, 0.15) is 18.1 Å². The van der Waals surface area contributed by atoms with Crippen LogP contribution in [0, 0.1) is 13.8 Å². The molecule has 1 heterocycles. The lowest BCUT2D eigenvalue weighted by Gasteiger charge is -2.23. The Morgan fingerprint density at radius 1 is 1.25 bits per heavy atom. The van der Waals surface area contributed by atoms with Gasteiger partial charge in [0, 0.05) is 6.04 Å². The SMILES string of the molecule is Cc1noc(C)c1COc1ccccc1C(=O)NC1CCCCC1. The number of nitrogens with one attached hydrogen (secondary N) is 1. The minimum atomic E-state index is -0.0590. The van der Waals surface area contributed by atoms with Gasteiger partial charge in [-0.05, 0) is 38.8 Å². The zero-order valence-corrected chi connectivity index (χ0v) is 14.3. The fourth-order valence-electron chi connectivity index (χ4n) is 3.15. The second-order valence-electron chi connectivity index (χ2n) is 6.40. The average molecular weight is 328 g/mol. The Hall–Kier alpha value is -2.30. The summed E-state index contributed by atoms with van der Waals surface area (Å²) >= 11 is 0. The summed E-state index contributed by atoms with van der Waals surface area (Å²) in [5, 5.41) is 7.07. The van der Waals surface area contributed by atoms with Crippen LogP contribution in [-0.4, -0.2) is 17.1 Å². The van der Waals surface area contributed by atoms with E-state index in [0.29, 0.717) is 17.9 Å². The van der Waals surface area contributed by atoms with Crippen molar-refractivity contribution in [3.05, 3.63) is 46.8 Å². The summed E-state index contributed by atoms with van der Waals surface area (Å²) < 4.78 is 11.0. The quantitative estimate of drug-likeness (QED) is 0.903. The van der Waals surface area contributed by atoms with E-state index in [4.69, 9.17) is 9.26 Å². The summed E-state index contributed by atoms with van der Waals surface area (Å²) in [4.78, 5) is 12.6. The molecule has 1 aromatic heterocycles. The third-order valence-electron chi connectivity index (χ3n) is 4.63. The van der Waals surface area contributed by atoms with E-state index in [1.165, 1.54) is 19.3 Å². The Kier molecular flexibility index (Phi) is 5.18. The van der Waals surface area contributed by atoms with Gasteiger partial charge in [-0.15, -0.1) is 0 Å². The highest BCUT2D eigenvalue weighted by atomic mass is 16.5. The van der Waals surface area contributed by atoms with Crippen LogP contribution >= 0.6 is 0 Å². The third kappa shape index (κ3) is 3.78. The van der Waals surface area contributed by atoms with Crippen LogP contribution in [0.3, 0.4) is 0 Å². The number of benzene rings is 1. The van der Waals surface area contributed by atoms with E-state index in [9.17, 15) is 4.79 Å². The molecular formula is C19H24N2O3. The zero-order chi connectivity index (χ0) is 16.9. The van der Waals surface area contributed by atoms with Gasteiger partial charge in [-0.25, -0.2) is 0 Å². The number of nitrogens with zero attached hydrogens (tertiary/aromatic N) is 1. The molecule has 5 nitrogen and oxygen atoms in total. The lowest BCUT2D eigenvalue weighted by Crippen LogP contribution is -2.36. The summed E-state index contributed by atoms with van der Waals surface area (Å²) in [7, 11) is 0. The van der Waals surface area contributed by atoms with Crippen LogP contribution in [0.5, 0.6) is 5.75 Å². The molecule has 0 saturated heterocycles. The first-order chi connectivity index (χ1) is 11.6. The van der Waals surface area contributed by atoms with Gasteiger partial charge in [0.05, 0.1) is 16.8 Å². The Balaban J connectivity index is 1.69. The number of aryl methyl sites for hydroxylation is 2. The van der Waals surface area contributed by atoms with Gasteiger partial charge in [-0.1, -0.05) is 36.6 Å². The maximum Gasteiger partial charge on any atom is 0.255 e. The van der Waals surface area contributed by atoms with Crippen molar-refractivity contribution in [2.75, 3.05) is 0 Å². The van der Waals surface area contributed by atoms with Gasteiger partial charge in [0.15, 0.2) is 0 Å². The fraction of sp³-hybridized carbons (Fsp3) is 0.474. The molecule has 1 amide bonds. The van der Waals surface area contributed by atoms with Crippen molar-refractivity contribution >= 4 is 5.91 Å². The second-order valence-corrected chi connectivity index (χ2v) is 6.40. The van der Waals surface area contributed by atoms with E-state index in [0.717, 1.165) is 29.9 Å². The Labute approximate surface area is 142 Å². The van der Waals surface area contributed by atoms with Gasteiger partial charge in [0.25, 0.3) is 5.91 Å². The summed E-state index contributed by atoms with van der Waals surface area (Å²) in [6.07, 6.45) is 5.77. The van der Waals surface area contributed by atoms with Crippen molar-refractivity contribution < 1.29 is 14.1 Å². The molecule has 1 aliphatic carbocycles. The molecule has 24 heavy (non-hydrogen) atoms. The van der Waals surface area contributed by atoms with Crippen LogP contribution in [0.1, 0.15) is 59.5 Å². The van der Waals surface area contributed by atoms with Crippen LogP contribution in [0.2, 0.25) is 0 Å². The average Bonchev–Trinajstić information content (AvgIpc) is 2.92. The van der Waals surface area contributed by atoms with Gasteiger partial charge in [-0.2, -0.15) is 0 Å². The van der Waals surface area contributed by atoms with Crippen LogP contribution in [-0.2, 0) is 6.61 Å². The lowest BCUT2D eigenvalue weighted by atomic mass is 9.95. The molecule has 1 fully saturated rings. The molecule has 1 aliphatic rings. The van der Waals surface area contributed by atoms with Crippen molar-refractivity contribution in [1.29, 1.82) is 0 Å². The number of rotatable bonds is 5. The minimum Gasteiger partial charge on any atom is -0.488 e. The van der Waals surface area contributed by atoms with Crippen molar-refractivity contribution in [2.24, 2.45) is 0 Å². The van der Waals surface area contributed by atoms with Crippen LogP contribution in [0.25, 0.3) is 0 Å². The number of amides is 1. The first-order valence-electron chi connectivity index (χ1n) is 8.59. The van der Waals surface area contributed by atoms with Gasteiger partial charge in [0.2, 0.25) is 0 Å². The van der Waals surface area contributed by atoms with Crippen molar-refractivity contribution in [1.82, 2.24) is 10.5 Å². The number of carbonyl (C=O) groups excluding carboxylic acids is 1. The van der Waals surface area contributed by atoms with Crippen LogP contribution < -0.4 is 10.1 Å². The number of hydrogen-bond acceptors (Lipinski definition) is 4. The molecule has 5 heteroatoms. The van der Waals surface area contributed by atoms with E-state index < -0.39 is 0 Å². The summed E-state index contributed by atoms with van der Waals surface area (Å²) in [5.74, 6) is 1.28. The summed E-state index contributed by atoms with van der Waals surface area (Å²) in [5.41, 5.74) is 2.32. The molecule has 0 unspecified atom stereocenters. The minimum absolute atomic E-state index is 0.0590. The van der Waals surface area contributed by atoms with Crippen molar-refractivity contribution in [3.63, 3.8) is 0 Å². The molecule has 128 valence electrons. The zero-order valence-electron chi connectivity index (χ0n) is 14.3. The smallest absolute Gasteiger partial charge is 0.255 e.